The Kier molecular flexibility index (Phi) is 3.41. The van der Waals surface area contributed by atoms with Gasteiger partial charge in [-0.2, -0.15) is 10.2 Å². The summed E-state index contributed by atoms with van der Waals surface area (Å²) in [4.78, 5) is 2.49. The quantitative estimate of drug-likeness (QED) is 0.498. The van der Waals surface area contributed by atoms with Gasteiger partial charge in [0.2, 0.25) is 0 Å². The number of aromatic nitrogens is 4. The molecule has 5 rings (SSSR count). The highest BCUT2D eigenvalue weighted by Gasteiger charge is 2.19. The second-order valence-corrected chi connectivity index (χ2v) is 8.05. The molecule has 1 aromatic carbocycles. The van der Waals surface area contributed by atoms with E-state index in [0.29, 0.717) is 11.4 Å². The van der Waals surface area contributed by atoms with Gasteiger partial charge in [0.15, 0.2) is 5.82 Å². The largest absolute Gasteiger partial charge is 0.274 e. The predicted molar refractivity (Wildman–Crippen MR) is 99.0 cm³/mol. The van der Waals surface area contributed by atoms with Gasteiger partial charge in [-0.3, -0.25) is 4.68 Å². The Morgan fingerprint density at radius 1 is 1.04 bits per heavy atom. The van der Waals surface area contributed by atoms with Gasteiger partial charge >= 0.3 is 0 Å². The fourth-order valence-corrected chi connectivity index (χ4v) is 5.06. The van der Waals surface area contributed by atoms with E-state index in [0.717, 1.165) is 21.3 Å². The van der Waals surface area contributed by atoms with E-state index in [-0.39, 0.29) is 5.82 Å². The summed E-state index contributed by atoms with van der Waals surface area (Å²) in [5.41, 5.74) is 1.14. The van der Waals surface area contributed by atoms with Crippen molar-refractivity contribution in [1.29, 1.82) is 0 Å². The first kappa shape index (κ1) is 15.1. The average molecular weight is 354 g/mol. The van der Waals surface area contributed by atoms with Gasteiger partial charge < -0.3 is 0 Å². The molecule has 0 spiro atoms. The molecule has 1 saturated carbocycles. The van der Waals surface area contributed by atoms with Gasteiger partial charge in [0, 0.05) is 41.2 Å². The molecule has 0 bridgehead atoms. The van der Waals surface area contributed by atoms with Crippen LogP contribution >= 0.6 is 11.3 Å². The van der Waals surface area contributed by atoms with E-state index in [2.05, 4.69) is 11.2 Å². The number of aryl methyl sites for hydroxylation is 1. The Bertz CT molecular complexity index is 1040. The van der Waals surface area contributed by atoms with Crippen LogP contribution in [0.3, 0.4) is 0 Å². The fourth-order valence-electron chi connectivity index (χ4n) is 3.89. The van der Waals surface area contributed by atoms with Gasteiger partial charge in [0.05, 0.1) is 5.69 Å². The minimum atomic E-state index is -0.310. The topological polar surface area (TPSA) is 35.6 Å². The van der Waals surface area contributed by atoms with Crippen molar-refractivity contribution >= 4 is 32.5 Å². The van der Waals surface area contributed by atoms with Gasteiger partial charge in [-0.1, -0.05) is 19.3 Å². The molecule has 0 atom stereocenters. The van der Waals surface area contributed by atoms with Crippen LogP contribution in [0.4, 0.5) is 4.39 Å². The lowest BCUT2D eigenvalue weighted by Gasteiger charge is -2.19. The second-order valence-electron chi connectivity index (χ2n) is 6.99. The molecule has 4 aromatic rings. The van der Waals surface area contributed by atoms with Gasteiger partial charge in [0.25, 0.3) is 0 Å². The van der Waals surface area contributed by atoms with Crippen molar-refractivity contribution in [3.8, 4) is 5.69 Å². The lowest BCUT2D eigenvalue weighted by molar-refractivity contribution is 0.448. The molecule has 4 nitrogen and oxygen atoms in total. The molecule has 0 saturated heterocycles. The van der Waals surface area contributed by atoms with Gasteiger partial charge in [0.1, 0.15) is 10.3 Å². The van der Waals surface area contributed by atoms with Crippen LogP contribution in [0.1, 0.15) is 42.9 Å². The standard InChI is InChI=1S/C19H19FN4S/c1-23-10-13-7-15(9-16(20)18(13)21-23)24-11-14-8-17(25-19(14)22-24)12-5-3-2-4-6-12/h7-12H,2-6H2,1H3. The zero-order valence-corrected chi connectivity index (χ0v) is 14.9. The van der Waals surface area contributed by atoms with E-state index >= 15 is 0 Å². The van der Waals surface area contributed by atoms with Crippen LogP contribution in [0.2, 0.25) is 0 Å². The molecule has 0 N–H and O–H groups in total. The number of fused-ring (bicyclic) bond motifs is 2. The van der Waals surface area contributed by atoms with E-state index in [1.165, 1.54) is 43.0 Å². The third-order valence-corrected chi connectivity index (χ3v) is 6.35. The number of hydrogen-bond acceptors (Lipinski definition) is 3. The van der Waals surface area contributed by atoms with Crippen molar-refractivity contribution in [2.24, 2.45) is 7.05 Å². The third-order valence-electron chi connectivity index (χ3n) is 5.15. The summed E-state index contributed by atoms with van der Waals surface area (Å²) in [6.45, 7) is 0. The first-order valence-electron chi connectivity index (χ1n) is 8.80. The Labute approximate surface area is 148 Å². The van der Waals surface area contributed by atoms with Crippen molar-refractivity contribution in [3.63, 3.8) is 0 Å². The van der Waals surface area contributed by atoms with Crippen LogP contribution in [-0.2, 0) is 7.05 Å². The van der Waals surface area contributed by atoms with Gasteiger partial charge in [-0.25, -0.2) is 9.07 Å². The molecule has 25 heavy (non-hydrogen) atoms. The van der Waals surface area contributed by atoms with E-state index < -0.39 is 0 Å². The SMILES string of the molecule is Cn1cc2cc(-n3cc4cc(C5CCCCC5)sc4n3)cc(F)c2n1. The highest BCUT2D eigenvalue weighted by atomic mass is 32.1. The van der Waals surface area contributed by atoms with Crippen LogP contribution < -0.4 is 0 Å². The average Bonchev–Trinajstić information content (AvgIpc) is 3.27. The zero-order valence-electron chi connectivity index (χ0n) is 14.1. The summed E-state index contributed by atoms with van der Waals surface area (Å²) >= 11 is 1.79. The minimum Gasteiger partial charge on any atom is -0.274 e. The number of benzene rings is 1. The fraction of sp³-hybridized carbons (Fsp3) is 0.368. The summed E-state index contributed by atoms with van der Waals surface area (Å²) in [6, 6.07) is 5.72. The Hall–Kier alpha value is -2.21. The van der Waals surface area contributed by atoms with E-state index in [1.54, 1.807) is 27.7 Å². The molecule has 1 aliphatic carbocycles. The van der Waals surface area contributed by atoms with Crippen molar-refractivity contribution in [1.82, 2.24) is 19.6 Å². The molecule has 1 fully saturated rings. The summed E-state index contributed by atoms with van der Waals surface area (Å²) in [5, 5.41) is 10.8. The minimum absolute atomic E-state index is 0.310. The second kappa shape index (κ2) is 5.66. The molecular formula is C19H19FN4S. The molecule has 3 heterocycles. The number of hydrogen-bond donors (Lipinski definition) is 0. The number of rotatable bonds is 2. The van der Waals surface area contributed by atoms with Gasteiger partial charge in [-0.05, 0) is 30.9 Å². The molecule has 0 radical (unpaired) electrons. The van der Waals surface area contributed by atoms with Gasteiger partial charge in [-0.15, -0.1) is 11.3 Å². The predicted octanol–water partition coefficient (Wildman–Crippen LogP) is 5.16. The third kappa shape index (κ3) is 2.56. The summed E-state index contributed by atoms with van der Waals surface area (Å²) in [7, 11) is 1.80. The number of thiophene rings is 1. The van der Waals surface area contributed by atoms with Crippen LogP contribution in [0.25, 0.3) is 26.8 Å². The molecular weight excluding hydrogens is 335 g/mol. The van der Waals surface area contributed by atoms with Crippen LogP contribution in [0, 0.1) is 5.82 Å². The molecule has 0 amide bonds. The van der Waals surface area contributed by atoms with Crippen molar-refractivity contribution in [3.05, 3.63) is 41.3 Å². The van der Waals surface area contributed by atoms with E-state index in [9.17, 15) is 4.39 Å². The number of nitrogens with zero attached hydrogens (tertiary/aromatic N) is 4. The van der Waals surface area contributed by atoms with Crippen molar-refractivity contribution in [2.45, 2.75) is 38.0 Å². The lowest BCUT2D eigenvalue weighted by atomic mass is 9.88. The first-order chi connectivity index (χ1) is 12.2. The molecule has 128 valence electrons. The smallest absolute Gasteiger partial charge is 0.153 e. The Morgan fingerprint density at radius 2 is 1.88 bits per heavy atom. The summed E-state index contributed by atoms with van der Waals surface area (Å²) in [5.74, 6) is 0.389. The zero-order chi connectivity index (χ0) is 17.0. The van der Waals surface area contributed by atoms with Crippen molar-refractivity contribution in [2.75, 3.05) is 0 Å². The molecule has 1 aliphatic rings. The normalized spacial score (nSPS) is 16.2. The molecule has 0 aliphatic heterocycles. The van der Waals surface area contributed by atoms with Crippen LogP contribution in [0.15, 0.2) is 30.6 Å². The lowest BCUT2D eigenvalue weighted by Crippen LogP contribution is -2.02. The van der Waals surface area contributed by atoms with E-state index in [1.807, 2.05) is 18.5 Å². The first-order valence-corrected chi connectivity index (χ1v) is 9.61. The Balaban J connectivity index is 1.53. The maximum atomic E-state index is 14.3. The summed E-state index contributed by atoms with van der Waals surface area (Å²) in [6.07, 6.45) is 10.5. The van der Waals surface area contributed by atoms with E-state index in [4.69, 9.17) is 5.10 Å². The maximum Gasteiger partial charge on any atom is 0.153 e. The highest BCUT2D eigenvalue weighted by Crippen LogP contribution is 2.38. The van der Waals surface area contributed by atoms with Crippen LogP contribution in [-0.4, -0.2) is 19.6 Å². The van der Waals surface area contributed by atoms with Crippen LogP contribution in [0.5, 0.6) is 0 Å². The molecule has 6 heteroatoms. The highest BCUT2D eigenvalue weighted by molar-refractivity contribution is 7.18. The monoisotopic (exact) mass is 354 g/mol. The summed E-state index contributed by atoms with van der Waals surface area (Å²) < 4.78 is 17.7. The molecule has 0 unspecified atom stereocenters. The Morgan fingerprint density at radius 3 is 2.68 bits per heavy atom. The van der Waals surface area contributed by atoms with Crippen molar-refractivity contribution < 1.29 is 4.39 Å². The number of halogens is 1. The molecule has 3 aromatic heterocycles. The maximum absolute atomic E-state index is 14.3.